The number of nitrogens with zero attached hydrogens (tertiary/aromatic N) is 2. The molecule has 0 amide bonds. The molecule has 5 heteroatoms. The molecule has 0 spiro atoms. The molecule has 35 heavy (non-hydrogen) atoms. The van der Waals surface area contributed by atoms with Gasteiger partial charge in [-0.25, -0.2) is 4.98 Å². The molecule has 0 aliphatic carbocycles. The van der Waals surface area contributed by atoms with Gasteiger partial charge < -0.3 is 10.7 Å². The van der Waals surface area contributed by atoms with Gasteiger partial charge in [0.2, 0.25) is 0 Å². The first-order valence-corrected chi connectivity index (χ1v) is 11.6. The van der Waals surface area contributed by atoms with Gasteiger partial charge in [-0.1, -0.05) is 80.6 Å². The number of nitriles is 1. The average molecular weight is 459 g/mol. The van der Waals surface area contributed by atoms with Crippen molar-refractivity contribution in [2.24, 2.45) is 5.73 Å². The Balaban J connectivity index is 0.00000141. The van der Waals surface area contributed by atoms with Crippen molar-refractivity contribution in [3.05, 3.63) is 113 Å². The third kappa shape index (κ3) is 4.74. The van der Waals surface area contributed by atoms with Gasteiger partial charge in [-0.05, 0) is 34.9 Å². The van der Waals surface area contributed by atoms with Crippen molar-refractivity contribution in [2.75, 3.05) is 0 Å². The third-order valence-corrected chi connectivity index (χ3v) is 5.74. The molecule has 0 atom stereocenters. The summed E-state index contributed by atoms with van der Waals surface area (Å²) in [5.74, 6) is 0. The molecule has 5 rings (SSSR count). The van der Waals surface area contributed by atoms with Crippen LogP contribution in [0.1, 0.15) is 25.0 Å². The van der Waals surface area contributed by atoms with Crippen LogP contribution >= 0.6 is 0 Å². The van der Waals surface area contributed by atoms with Crippen LogP contribution < -0.4 is 11.3 Å². The minimum Gasteiger partial charge on any atom is -0.328 e. The van der Waals surface area contributed by atoms with E-state index in [1.54, 1.807) is 18.3 Å². The molecule has 0 saturated carbocycles. The Morgan fingerprint density at radius 2 is 1.49 bits per heavy atom. The summed E-state index contributed by atoms with van der Waals surface area (Å²) < 4.78 is 0. The molecule has 2 heterocycles. The lowest BCUT2D eigenvalue weighted by Crippen LogP contribution is -2.08. The number of rotatable bonds is 4. The van der Waals surface area contributed by atoms with Crippen molar-refractivity contribution in [3.63, 3.8) is 0 Å². The van der Waals surface area contributed by atoms with Crippen LogP contribution in [0.3, 0.4) is 0 Å². The maximum Gasteiger partial charge on any atom is 0.257 e. The van der Waals surface area contributed by atoms with Gasteiger partial charge in [0.1, 0.15) is 0 Å². The van der Waals surface area contributed by atoms with Crippen LogP contribution in [0.5, 0.6) is 0 Å². The standard InChI is InChI=1S/C28H20N4O.C2H6/c29-15-18-6-10-21(11-7-18)25-17-31-28(33)24-14-23(20-4-2-1-3-5-20)26(32-27(24)25)22-12-8-19(16-30)9-13-22;1-2/h1-14,17H,16,30H2,(H,31,33);1-2H3. The predicted octanol–water partition coefficient (Wildman–Crippen LogP) is 6.28. The van der Waals surface area contributed by atoms with E-state index in [-0.39, 0.29) is 5.56 Å². The number of pyridine rings is 2. The fourth-order valence-electron chi connectivity index (χ4n) is 3.98. The van der Waals surface area contributed by atoms with E-state index in [1.165, 1.54) is 0 Å². The van der Waals surface area contributed by atoms with Gasteiger partial charge in [-0.15, -0.1) is 0 Å². The maximum atomic E-state index is 12.8. The highest BCUT2D eigenvalue weighted by molar-refractivity contribution is 5.98. The number of benzene rings is 3. The van der Waals surface area contributed by atoms with Crippen molar-refractivity contribution in [1.82, 2.24) is 9.97 Å². The molecule has 2 aromatic heterocycles. The number of nitrogens with two attached hydrogens (primary N) is 1. The number of fused-ring (bicyclic) bond motifs is 1. The van der Waals surface area contributed by atoms with Crippen LogP contribution in [0.4, 0.5) is 0 Å². The zero-order valence-electron chi connectivity index (χ0n) is 19.7. The van der Waals surface area contributed by atoms with Gasteiger partial charge >= 0.3 is 0 Å². The van der Waals surface area contributed by atoms with Gasteiger partial charge in [0, 0.05) is 29.4 Å². The molecule has 172 valence electrons. The lowest BCUT2D eigenvalue weighted by atomic mass is 9.95. The van der Waals surface area contributed by atoms with E-state index in [4.69, 9.17) is 16.0 Å². The molecule has 5 aromatic rings. The molecule has 0 unspecified atom stereocenters. The number of hydrogen-bond acceptors (Lipinski definition) is 4. The fourth-order valence-corrected chi connectivity index (χ4v) is 3.98. The van der Waals surface area contributed by atoms with Gasteiger partial charge in [0.15, 0.2) is 0 Å². The topological polar surface area (TPSA) is 95.6 Å². The number of aromatic nitrogens is 2. The van der Waals surface area contributed by atoms with Crippen LogP contribution in [-0.2, 0) is 6.54 Å². The summed E-state index contributed by atoms with van der Waals surface area (Å²) in [5.41, 5.74) is 13.1. The zero-order valence-corrected chi connectivity index (χ0v) is 19.7. The quantitative estimate of drug-likeness (QED) is 0.331. The summed E-state index contributed by atoms with van der Waals surface area (Å²) in [6.45, 7) is 4.47. The van der Waals surface area contributed by atoms with E-state index >= 15 is 0 Å². The zero-order chi connectivity index (χ0) is 24.8. The van der Waals surface area contributed by atoms with Crippen LogP contribution in [0.2, 0.25) is 0 Å². The van der Waals surface area contributed by atoms with E-state index in [1.807, 2.05) is 86.6 Å². The predicted molar refractivity (Wildman–Crippen MR) is 143 cm³/mol. The Hall–Kier alpha value is -4.53. The molecule has 5 nitrogen and oxygen atoms in total. The van der Waals surface area contributed by atoms with Crippen LogP contribution in [0.15, 0.2) is 95.9 Å². The first kappa shape index (κ1) is 23.6. The summed E-state index contributed by atoms with van der Waals surface area (Å²) in [4.78, 5) is 20.7. The molecule has 3 N–H and O–H groups in total. The second-order valence-electron chi connectivity index (χ2n) is 7.77. The summed E-state index contributed by atoms with van der Waals surface area (Å²) in [7, 11) is 0. The minimum absolute atomic E-state index is 0.197. The summed E-state index contributed by atoms with van der Waals surface area (Å²) in [5, 5.41) is 9.64. The molecule has 0 saturated heterocycles. The highest BCUT2D eigenvalue weighted by Gasteiger charge is 2.16. The number of aromatic amines is 1. The van der Waals surface area contributed by atoms with Gasteiger partial charge in [0.25, 0.3) is 5.56 Å². The molecule has 3 aromatic carbocycles. The molecular weight excluding hydrogens is 432 g/mol. The fraction of sp³-hybridized carbons (Fsp3) is 0.100. The van der Waals surface area contributed by atoms with Crippen molar-refractivity contribution in [2.45, 2.75) is 20.4 Å². The van der Waals surface area contributed by atoms with E-state index in [9.17, 15) is 4.79 Å². The lowest BCUT2D eigenvalue weighted by molar-refractivity contribution is 1.07. The molecule has 0 aliphatic rings. The Bertz CT molecular complexity index is 1550. The van der Waals surface area contributed by atoms with E-state index < -0.39 is 0 Å². The number of H-pyrrole nitrogens is 1. The second kappa shape index (κ2) is 10.6. The van der Waals surface area contributed by atoms with Crippen LogP contribution in [0.25, 0.3) is 44.4 Å². The highest BCUT2D eigenvalue weighted by atomic mass is 16.1. The monoisotopic (exact) mass is 458 g/mol. The molecule has 0 fully saturated rings. The lowest BCUT2D eigenvalue weighted by Gasteiger charge is -2.14. The van der Waals surface area contributed by atoms with Crippen LogP contribution in [-0.4, -0.2) is 9.97 Å². The maximum absolute atomic E-state index is 12.8. The van der Waals surface area contributed by atoms with Gasteiger partial charge in [-0.2, -0.15) is 5.26 Å². The summed E-state index contributed by atoms with van der Waals surface area (Å²) >= 11 is 0. The first-order valence-electron chi connectivity index (χ1n) is 11.6. The van der Waals surface area contributed by atoms with E-state index in [0.717, 1.165) is 39.1 Å². The second-order valence-corrected chi connectivity index (χ2v) is 7.77. The smallest absolute Gasteiger partial charge is 0.257 e. The largest absolute Gasteiger partial charge is 0.328 e. The number of hydrogen-bond donors (Lipinski definition) is 2. The highest BCUT2D eigenvalue weighted by Crippen LogP contribution is 2.35. The van der Waals surface area contributed by atoms with Gasteiger partial charge in [-0.3, -0.25) is 4.79 Å². The number of nitrogens with one attached hydrogen (secondary N) is 1. The molecule has 0 bridgehead atoms. The third-order valence-electron chi connectivity index (χ3n) is 5.74. The van der Waals surface area contributed by atoms with E-state index in [2.05, 4.69) is 11.1 Å². The van der Waals surface area contributed by atoms with E-state index in [0.29, 0.717) is 23.0 Å². The average Bonchev–Trinajstić information content (AvgIpc) is 2.94. The Labute approximate surface area is 204 Å². The normalized spacial score (nSPS) is 10.3. The van der Waals surface area contributed by atoms with Crippen molar-refractivity contribution >= 4 is 10.9 Å². The summed E-state index contributed by atoms with van der Waals surface area (Å²) in [6.07, 6.45) is 1.68. The van der Waals surface area contributed by atoms with Crippen molar-refractivity contribution in [3.8, 4) is 39.6 Å². The van der Waals surface area contributed by atoms with Crippen molar-refractivity contribution in [1.29, 1.82) is 5.26 Å². The Morgan fingerprint density at radius 3 is 2.11 bits per heavy atom. The van der Waals surface area contributed by atoms with Crippen molar-refractivity contribution < 1.29 is 0 Å². The molecular formula is C30H26N4O. The molecule has 0 aliphatic heterocycles. The Morgan fingerprint density at radius 1 is 0.857 bits per heavy atom. The Kier molecular flexibility index (Phi) is 7.15. The van der Waals surface area contributed by atoms with Crippen LogP contribution in [0, 0.1) is 11.3 Å². The van der Waals surface area contributed by atoms with Gasteiger partial charge in [0.05, 0.1) is 28.2 Å². The minimum atomic E-state index is -0.197. The first-order chi connectivity index (χ1) is 17.2. The summed E-state index contributed by atoms with van der Waals surface area (Å²) in [6, 6.07) is 29.3. The molecule has 0 radical (unpaired) electrons. The SMILES string of the molecule is CC.N#Cc1ccc(-c2c[nH]c(=O)c3cc(-c4ccccc4)c(-c4ccc(CN)cc4)nc23)cc1.